The van der Waals surface area contributed by atoms with E-state index in [2.05, 4.69) is 5.32 Å². The van der Waals surface area contributed by atoms with E-state index in [4.69, 9.17) is 0 Å². The Morgan fingerprint density at radius 1 is 1.29 bits per heavy atom. The van der Waals surface area contributed by atoms with Crippen LogP contribution in [-0.2, 0) is 12.0 Å². The molecule has 116 valence electrons. The number of carbonyl (C=O) groups excluding carboxylic acids is 1. The van der Waals surface area contributed by atoms with Crippen LogP contribution in [0.15, 0.2) is 24.3 Å². The molecule has 2 amide bonds. The van der Waals surface area contributed by atoms with Crippen molar-refractivity contribution in [2.75, 3.05) is 13.1 Å². The standard InChI is InChI=1S/C14H17F3N2O2/c15-14(16,17)9-19-12(20)18-8-13(21)7-3-5-10-4-1-2-6-11(10)13/h1-2,4,6,21H,3,5,7-9H2,(H2,18,19,20). The molecule has 21 heavy (non-hydrogen) atoms. The van der Waals surface area contributed by atoms with Crippen LogP contribution < -0.4 is 10.6 Å². The first-order chi connectivity index (χ1) is 9.80. The zero-order chi connectivity index (χ0) is 15.5. The van der Waals surface area contributed by atoms with E-state index in [9.17, 15) is 23.1 Å². The van der Waals surface area contributed by atoms with Crippen LogP contribution in [0.5, 0.6) is 0 Å². The summed E-state index contributed by atoms with van der Waals surface area (Å²) < 4.78 is 36.0. The summed E-state index contributed by atoms with van der Waals surface area (Å²) in [6, 6.07) is 6.41. The molecule has 0 aliphatic heterocycles. The van der Waals surface area contributed by atoms with Crippen molar-refractivity contribution in [3.8, 4) is 0 Å². The SMILES string of the molecule is O=C(NCC(F)(F)F)NCC1(O)CCCc2ccccc21. The van der Waals surface area contributed by atoms with E-state index >= 15 is 0 Å². The van der Waals surface area contributed by atoms with Crippen LogP contribution in [-0.4, -0.2) is 30.4 Å². The number of urea groups is 1. The van der Waals surface area contributed by atoms with Crippen molar-refractivity contribution in [1.29, 1.82) is 0 Å². The van der Waals surface area contributed by atoms with Crippen molar-refractivity contribution in [3.63, 3.8) is 0 Å². The van der Waals surface area contributed by atoms with Gasteiger partial charge in [0, 0.05) is 0 Å². The van der Waals surface area contributed by atoms with Crippen LogP contribution in [0.25, 0.3) is 0 Å². The normalized spacial score (nSPS) is 21.5. The summed E-state index contributed by atoms with van der Waals surface area (Å²) in [5.41, 5.74) is 0.501. The summed E-state index contributed by atoms with van der Waals surface area (Å²) in [4.78, 5) is 11.4. The smallest absolute Gasteiger partial charge is 0.383 e. The number of nitrogens with one attached hydrogen (secondary N) is 2. The molecule has 1 aliphatic rings. The third kappa shape index (κ3) is 4.10. The monoisotopic (exact) mass is 302 g/mol. The molecule has 0 saturated carbocycles. The van der Waals surface area contributed by atoms with Gasteiger partial charge in [-0.05, 0) is 30.4 Å². The van der Waals surface area contributed by atoms with Crippen molar-refractivity contribution in [1.82, 2.24) is 10.6 Å². The van der Waals surface area contributed by atoms with E-state index < -0.39 is 24.4 Å². The third-order valence-electron chi connectivity index (χ3n) is 3.55. The maximum Gasteiger partial charge on any atom is 0.405 e. The maximum atomic E-state index is 12.0. The fraction of sp³-hybridized carbons (Fsp3) is 0.500. The van der Waals surface area contributed by atoms with Gasteiger partial charge in [-0.25, -0.2) is 4.79 Å². The predicted molar refractivity (Wildman–Crippen MR) is 70.7 cm³/mol. The molecule has 0 spiro atoms. The highest BCUT2D eigenvalue weighted by Crippen LogP contribution is 2.34. The van der Waals surface area contributed by atoms with Gasteiger partial charge in [0.1, 0.15) is 12.1 Å². The molecule has 1 atom stereocenters. The minimum atomic E-state index is -4.45. The average Bonchev–Trinajstić information content (AvgIpc) is 2.43. The highest BCUT2D eigenvalue weighted by atomic mass is 19.4. The van der Waals surface area contributed by atoms with Crippen LogP contribution in [0.2, 0.25) is 0 Å². The van der Waals surface area contributed by atoms with Crippen LogP contribution in [0.1, 0.15) is 24.0 Å². The van der Waals surface area contributed by atoms with Crippen molar-refractivity contribution >= 4 is 6.03 Å². The molecule has 4 nitrogen and oxygen atoms in total. The molecule has 0 fully saturated rings. The summed E-state index contributed by atoms with van der Waals surface area (Å²) in [6.07, 6.45) is -2.38. The number of amides is 2. The van der Waals surface area contributed by atoms with Gasteiger partial charge in [0.25, 0.3) is 0 Å². The minimum absolute atomic E-state index is 0.117. The van der Waals surface area contributed by atoms with Crippen LogP contribution in [0.4, 0.5) is 18.0 Å². The van der Waals surface area contributed by atoms with Gasteiger partial charge in [-0.1, -0.05) is 24.3 Å². The van der Waals surface area contributed by atoms with E-state index in [1.807, 2.05) is 12.1 Å². The Morgan fingerprint density at radius 3 is 2.71 bits per heavy atom. The lowest BCUT2D eigenvalue weighted by Gasteiger charge is -2.34. The maximum absolute atomic E-state index is 12.0. The first-order valence-corrected chi connectivity index (χ1v) is 6.69. The van der Waals surface area contributed by atoms with Gasteiger partial charge in [0.2, 0.25) is 0 Å². The van der Waals surface area contributed by atoms with E-state index in [1.54, 1.807) is 17.4 Å². The molecule has 0 aromatic heterocycles. The zero-order valence-electron chi connectivity index (χ0n) is 11.3. The number of alkyl halides is 3. The minimum Gasteiger partial charge on any atom is -0.383 e. The number of aliphatic hydroxyl groups is 1. The van der Waals surface area contributed by atoms with Gasteiger partial charge in [0.05, 0.1) is 6.54 Å². The Balaban J connectivity index is 1.95. The van der Waals surface area contributed by atoms with E-state index in [-0.39, 0.29) is 6.54 Å². The Labute approximate surface area is 120 Å². The Morgan fingerprint density at radius 2 is 2.00 bits per heavy atom. The van der Waals surface area contributed by atoms with E-state index in [0.717, 1.165) is 24.0 Å². The zero-order valence-corrected chi connectivity index (χ0v) is 11.3. The summed E-state index contributed by atoms with van der Waals surface area (Å²) >= 11 is 0. The molecule has 3 N–H and O–H groups in total. The van der Waals surface area contributed by atoms with Gasteiger partial charge in [0.15, 0.2) is 0 Å². The fourth-order valence-corrected chi connectivity index (χ4v) is 2.55. The van der Waals surface area contributed by atoms with Crippen molar-refractivity contribution in [2.45, 2.75) is 31.0 Å². The van der Waals surface area contributed by atoms with Crippen molar-refractivity contribution in [2.24, 2.45) is 0 Å². The number of hydrogen-bond donors (Lipinski definition) is 3. The highest BCUT2D eigenvalue weighted by molar-refractivity contribution is 5.74. The first-order valence-electron chi connectivity index (χ1n) is 6.69. The summed E-state index contributed by atoms with van der Waals surface area (Å²) in [6.45, 7) is -1.51. The molecular weight excluding hydrogens is 285 g/mol. The summed E-state index contributed by atoms with van der Waals surface area (Å²) in [7, 11) is 0. The molecule has 0 heterocycles. The molecule has 1 aromatic carbocycles. The summed E-state index contributed by atoms with van der Waals surface area (Å²) in [5, 5.41) is 14.7. The first kappa shape index (κ1) is 15.6. The van der Waals surface area contributed by atoms with E-state index in [0.29, 0.717) is 6.42 Å². The molecule has 7 heteroatoms. The second-order valence-corrected chi connectivity index (χ2v) is 5.19. The van der Waals surface area contributed by atoms with Crippen molar-refractivity contribution in [3.05, 3.63) is 35.4 Å². The number of carbonyl (C=O) groups is 1. The molecular formula is C14H17F3N2O2. The largest absolute Gasteiger partial charge is 0.405 e. The predicted octanol–water partition coefficient (Wildman–Crippen LogP) is 2.07. The van der Waals surface area contributed by atoms with Crippen LogP contribution in [0, 0.1) is 0 Å². The molecule has 2 rings (SSSR count). The van der Waals surface area contributed by atoms with E-state index in [1.165, 1.54) is 0 Å². The molecule has 0 radical (unpaired) electrons. The number of rotatable bonds is 3. The number of halogens is 3. The fourth-order valence-electron chi connectivity index (χ4n) is 2.55. The molecule has 1 aliphatic carbocycles. The molecule has 1 unspecified atom stereocenters. The Hall–Kier alpha value is -1.76. The van der Waals surface area contributed by atoms with Gasteiger partial charge < -0.3 is 15.7 Å². The lowest BCUT2D eigenvalue weighted by atomic mass is 9.79. The second-order valence-electron chi connectivity index (χ2n) is 5.19. The van der Waals surface area contributed by atoms with Gasteiger partial charge >= 0.3 is 12.2 Å². The van der Waals surface area contributed by atoms with Gasteiger partial charge in [-0.3, -0.25) is 0 Å². The topological polar surface area (TPSA) is 61.4 Å². The Kier molecular flexibility index (Phi) is 4.41. The lowest BCUT2D eigenvalue weighted by molar-refractivity contribution is -0.122. The lowest BCUT2D eigenvalue weighted by Crippen LogP contribution is -2.47. The highest BCUT2D eigenvalue weighted by Gasteiger charge is 2.34. The second kappa shape index (κ2) is 5.93. The van der Waals surface area contributed by atoms with Gasteiger partial charge in [-0.2, -0.15) is 13.2 Å². The number of hydrogen-bond acceptors (Lipinski definition) is 2. The number of fused-ring (bicyclic) bond motifs is 1. The number of benzene rings is 1. The Bertz CT molecular complexity index is 519. The van der Waals surface area contributed by atoms with Crippen LogP contribution >= 0.6 is 0 Å². The quantitative estimate of drug-likeness (QED) is 0.800. The molecule has 0 bridgehead atoms. The number of aryl methyl sites for hydroxylation is 1. The van der Waals surface area contributed by atoms with Crippen molar-refractivity contribution < 1.29 is 23.1 Å². The van der Waals surface area contributed by atoms with Crippen LogP contribution in [0.3, 0.4) is 0 Å². The van der Waals surface area contributed by atoms with Gasteiger partial charge in [-0.15, -0.1) is 0 Å². The summed E-state index contributed by atoms with van der Waals surface area (Å²) in [5.74, 6) is 0. The molecule has 1 aromatic rings. The molecule has 0 saturated heterocycles. The third-order valence-corrected chi connectivity index (χ3v) is 3.55. The average molecular weight is 302 g/mol.